The average molecular weight is 295 g/mol. The standard InChI is InChI=1S/C14H17NO4S/c16-14(17)12-3-1-2-11(6-12)9-20(18,19)15-8-10-4-5-13(15)7-10/h1-3,6,10,13H,4-5,7-9H2,(H,16,17). The number of aromatic carboxylic acids is 1. The lowest BCUT2D eigenvalue weighted by molar-refractivity contribution is 0.0696. The number of carboxylic acid groups (broad SMARTS) is 1. The maximum atomic E-state index is 12.5. The van der Waals surface area contributed by atoms with Gasteiger partial charge in [0.1, 0.15) is 0 Å². The first-order valence-corrected chi connectivity index (χ1v) is 8.38. The number of hydrogen-bond donors (Lipinski definition) is 1. The molecule has 1 saturated heterocycles. The summed E-state index contributed by atoms with van der Waals surface area (Å²) in [5.74, 6) is -0.637. The van der Waals surface area contributed by atoms with E-state index in [-0.39, 0.29) is 17.4 Å². The van der Waals surface area contributed by atoms with Gasteiger partial charge in [-0.3, -0.25) is 0 Å². The van der Waals surface area contributed by atoms with Gasteiger partial charge in [-0.25, -0.2) is 13.2 Å². The Morgan fingerprint density at radius 1 is 1.35 bits per heavy atom. The summed E-state index contributed by atoms with van der Waals surface area (Å²) in [4.78, 5) is 10.9. The molecule has 108 valence electrons. The molecular weight excluding hydrogens is 278 g/mol. The molecule has 1 aliphatic heterocycles. The third kappa shape index (κ3) is 2.45. The topological polar surface area (TPSA) is 74.7 Å². The fourth-order valence-corrected chi connectivity index (χ4v) is 5.16. The van der Waals surface area contributed by atoms with Crippen LogP contribution in [-0.4, -0.2) is 36.4 Å². The summed E-state index contributed by atoms with van der Waals surface area (Å²) >= 11 is 0. The number of hydrogen-bond acceptors (Lipinski definition) is 3. The number of piperidine rings is 1. The van der Waals surface area contributed by atoms with E-state index in [2.05, 4.69) is 0 Å². The van der Waals surface area contributed by atoms with Gasteiger partial charge in [-0.05, 0) is 42.9 Å². The Balaban J connectivity index is 1.80. The summed E-state index contributed by atoms with van der Waals surface area (Å²) in [6.45, 7) is 0.631. The number of carboxylic acids is 1. The number of carbonyl (C=O) groups is 1. The monoisotopic (exact) mass is 295 g/mol. The summed E-state index contributed by atoms with van der Waals surface area (Å²) in [5, 5.41) is 8.95. The summed E-state index contributed by atoms with van der Waals surface area (Å²) < 4.78 is 26.5. The zero-order valence-corrected chi connectivity index (χ0v) is 11.8. The molecule has 2 fully saturated rings. The van der Waals surface area contributed by atoms with Crippen LogP contribution in [0.3, 0.4) is 0 Å². The predicted octanol–water partition coefficient (Wildman–Crippen LogP) is 1.70. The first-order chi connectivity index (χ1) is 9.45. The van der Waals surface area contributed by atoms with Crippen molar-refractivity contribution in [1.82, 2.24) is 4.31 Å². The summed E-state index contributed by atoms with van der Waals surface area (Å²) in [7, 11) is -3.35. The SMILES string of the molecule is O=C(O)c1cccc(CS(=O)(=O)N2CC3CCC2C3)c1. The van der Waals surface area contributed by atoms with Crippen LogP contribution >= 0.6 is 0 Å². The Kier molecular flexibility index (Phi) is 3.30. The van der Waals surface area contributed by atoms with Gasteiger partial charge in [0.05, 0.1) is 11.3 Å². The van der Waals surface area contributed by atoms with Crippen molar-refractivity contribution in [2.75, 3.05) is 6.54 Å². The Morgan fingerprint density at radius 2 is 2.15 bits per heavy atom. The van der Waals surface area contributed by atoms with Gasteiger partial charge in [-0.15, -0.1) is 0 Å². The van der Waals surface area contributed by atoms with E-state index >= 15 is 0 Å². The highest BCUT2D eigenvalue weighted by Gasteiger charge is 2.43. The maximum absolute atomic E-state index is 12.5. The van der Waals surface area contributed by atoms with Crippen molar-refractivity contribution in [3.63, 3.8) is 0 Å². The minimum Gasteiger partial charge on any atom is -0.478 e. The molecule has 2 atom stereocenters. The van der Waals surface area contributed by atoms with Gasteiger partial charge in [0.25, 0.3) is 0 Å². The molecule has 6 heteroatoms. The van der Waals surface area contributed by atoms with Crippen molar-refractivity contribution < 1.29 is 18.3 Å². The Hall–Kier alpha value is -1.40. The zero-order valence-electron chi connectivity index (χ0n) is 11.0. The van der Waals surface area contributed by atoms with Crippen molar-refractivity contribution in [2.45, 2.75) is 31.1 Å². The predicted molar refractivity (Wildman–Crippen MR) is 73.9 cm³/mol. The highest BCUT2D eigenvalue weighted by Crippen LogP contribution is 2.39. The zero-order chi connectivity index (χ0) is 14.3. The fraction of sp³-hybridized carbons (Fsp3) is 0.500. The number of benzene rings is 1. The molecule has 0 aromatic heterocycles. The molecule has 20 heavy (non-hydrogen) atoms. The molecule has 1 aromatic rings. The summed E-state index contributed by atoms with van der Waals surface area (Å²) in [5.41, 5.74) is 0.660. The highest BCUT2D eigenvalue weighted by atomic mass is 32.2. The number of fused-ring (bicyclic) bond motifs is 2. The third-order valence-corrected chi connectivity index (χ3v) is 6.10. The number of rotatable bonds is 4. The van der Waals surface area contributed by atoms with E-state index in [1.807, 2.05) is 0 Å². The minimum absolute atomic E-state index is 0.114. The van der Waals surface area contributed by atoms with Crippen molar-refractivity contribution >= 4 is 16.0 Å². The van der Waals surface area contributed by atoms with Crippen molar-refractivity contribution in [1.29, 1.82) is 0 Å². The van der Waals surface area contributed by atoms with Crippen LogP contribution < -0.4 is 0 Å². The molecule has 1 aliphatic carbocycles. The molecule has 0 spiro atoms. The van der Waals surface area contributed by atoms with Crippen LogP contribution in [0, 0.1) is 5.92 Å². The maximum Gasteiger partial charge on any atom is 0.335 e. The lowest BCUT2D eigenvalue weighted by Gasteiger charge is -2.26. The van der Waals surface area contributed by atoms with Crippen LogP contribution in [0.25, 0.3) is 0 Å². The first-order valence-electron chi connectivity index (χ1n) is 6.77. The fourth-order valence-electron chi connectivity index (χ4n) is 3.31. The Bertz CT molecular complexity index is 640. The molecule has 1 saturated carbocycles. The second-order valence-electron chi connectivity index (χ2n) is 5.66. The molecule has 1 aromatic carbocycles. The lowest BCUT2D eigenvalue weighted by atomic mass is 10.1. The second-order valence-corrected chi connectivity index (χ2v) is 7.59. The lowest BCUT2D eigenvalue weighted by Crippen LogP contribution is -2.38. The van der Waals surface area contributed by atoms with Gasteiger partial charge in [-0.1, -0.05) is 12.1 Å². The van der Waals surface area contributed by atoms with Gasteiger partial charge < -0.3 is 5.11 Å². The third-order valence-electron chi connectivity index (χ3n) is 4.24. The van der Waals surface area contributed by atoms with Crippen molar-refractivity contribution in [3.8, 4) is 0 Å². The summed E-state index contributed by atoms with van der Waals surface area (Å²) in [6, 6.07) is 6.32. The number of nitrogens with zero attached hydrogens (tertiary/aromatic N) is 1. The largest absolute Gasteiger partial charge is 0.478 e. The van der Waals surface area contributed by atoms with Gasteiger partial charge in [0.15, 0.2) is 0 Å². The Labute approximate surface area is 118 Å². The van der Waals surface area contributed by atoms with Crippen LogP contribution in [0.5, 0.6) is 0 Å². The van der Waals surface area contributed by atoms with Crippen LogP contribution in [0.1, 0.15) is 35.2 Å². The average Bonchev–Trinajstić information content (AvgIpc) is 3.01. The van der Waals surface area contributed by atoms with Gasteiger partial charge >= 0.3 is 5.97 Å². The molecule has 2 aliphatic rings. The molecule has 1 N–H and O–H groups in total. The minimum atomic E-state index is -3.35. The van der Waals surface area contributed by atoms with Crippen LogP contribution in [0.4, 0.5) is 0 Å². The van der Waals surface area contributed by atoms with Crippen molar-refractivity contribution in [2.24, 2.45) is 5.92 Å². The first kappa shape index (κ1) is 13.6. The molecule has 2 unspecified atom stereocenters. The molecule has 3 rings (SSSR count). The molecule has 0 amide bonds. The Morgan fingerprint density at radius 3 is 2.75 bits per heavy atom. The normalized spacial score (nSPS) is 26.0. The van der Waals surface area contributed by atoms with Crippen LogP contribution in [-0.2, 0) is 15.8 Å². The number of sulfonamides is 1. The van der Waals surface area contributed by atoms with Crippen molar-refractivity contribution in [3.05, 3.63) is 35.4 Å². The summed E-state index contributed by atoms with van der Waals surface area (Å²) in [6.07, 6.45) is 3.07. The van der Waals surface area contributed by atoms with E-state index in [1.165, 1.54) is 12.1 Å². The quantitative estimate of drug-likeness (QED) is 0.917. The van der Waals surface area contributed by atoms with E-state index in [1.54, 1.807) is 16.4 Å². The van der Waals surface area contributed by atoms with E-state index in [0.29, 0.717) is 18.0 Å². The van der Waals surface area contributed by atoms with Gasteiger partial charge in [0.2, 0.25) is 10.0 Å². The highest BCUT2D eigenvalue weighted by molar-refractivity contribution is 7.88. The van der Waals surface area contributed by atoms with Crippen LogP contribution in [0.15, 0.2) is 24.3 Å². The van der Waals surface area contributed by atoms with E-state index in [0.717, 1.165) is 19.3 Å². The van der Waals surface area contributed by atoms with Crippen LogP contribution in [0.2, 0.25) is 0 Å². The molecule has 5 nitrogen and oxygen atoms in total. The molecule has 1 heterocycles. The van der Waals surface area contributed by atoms with E-state index in [4.69, 9.17) is 5.11 Å². The molecule has 0 radical (unpaired) electrons. The van der Waals surface area contributed by atoms with E-state index < -0.39 is 16.0 Å². The van der Waals surface area contributed by atoms with E-state index in [9.17, 15) is 13.2 Å². The molecule has 2 bridgehead atoms. The van der Waals surface area contributed by atoms with Gasteiger partial charge in [-0.2, -0.15) is 4.31 Å². The molecular formula is C14H17NO4S. The smallest absolute Gasteiger partial charge is 0.335 e. The van der Waals surface area contributed by atoms with Gasteiger partial charge in [0, 0.05) is 12.6 Å². The second kappa shape index (κ2) is 4.86.